The van der Waals surface area contributed by atoms with Crippen molar-refractivity contribution in [2.45, 2.75) is 6.10 Å². The van der Waals surface area contributed by atoms with Crippen molar-refractivity contribution in [1.29, 1.82) is 5.26 Å². The maximum Gasteiger partial charge on any atom is 0.254 e. The first kappa shape index (κ1) is 26.9. The molecule has 1 fully saturated rings. The summed E-state index contributed by atoms with van der Waals surface area (Å²) in [5.74, 6) is -2.42. The monoisotopic (exact) mass is 570 g/mol. The van der Waals surface area contributed by atoms with Gasteiger partial charge in [0.25, 0.3) is 5.91 Å². The number of nitrogens with two attached hydrogens (primary N) is 1. The van der Waals surface area contributed by atoms with Crippen LogP contribution in [0.5, 0.6) is 11.5 Å². The third-order valence-electron chi connectivity index (χ3n) is 7.07. The summed E-state index contributed by atoms with van der Waals surface area (Å²) < 4.78 is 39.7. The van der Waals surface area contributed by atoms with Crippen LogP contribution in [0.2, 0.25) is 0 Å². The van der Waals surface area contributed by atoms with Gasteiger partial charge in [-0.25, -0.2) is 9.07 Å². The fourth-order valence-corrected chi connectivity index (χ4v) is 4.87. The Morgan fingerprint density at radius 1 is 1.14 bits per heavy atom. The number of hydrogen-bond acceptors (Lipinski definition) is 7. The van der Waals surface area contributed by atoms with Crippen LogP contribution in [0, 0.1) is 23.0 Å². The van der Waals surface area contributed by atoms with Crippen LogP contribution in [0.1, 0.15) is 33.3 Å². The van der Waals surface area contributed by atoms with E-state index in [1.165, 1.54) is 41.2 Å². The number of morpholine rings is 1. The van der Waals surface area contributed by atoms with Crippen molar-refractivity contribution >= 4 is 22.6 Å². The quantitative estimate of drug-likeness (QED) is 0.274. The molecule has 1 saturated heterocycles. The van der Waals surface area contributed by atoms with Gasteiger partial charge in [-0.05, 0) is 48.5 Å². The zero-order valence-electron chi connectivity index (χ0n) is 22.1. The number of ether oxygens (including phenoxy) is 2. The number of anilines is 1. The average molecular weight is 571 g/mol. The molecular weight excluding hydrogens is 546 g/mol. The molecule has 42 heavy (non-hydrogen) atoms. The molecule has 3 aromatic carbocycles. The molecule has 3 heterocycles. The van der Waals surface area contributed by atoms with E-state index in [-0.39, 0.29) is 34.4 Å². The molecule has 1 unspecified atom stereocenters. The van der Waals surface area contributed by atoms with E-state index in [0.29, 0.717) is 43.2 Å². The highest BCUT2D eigenvalue weighted by Gasteiger charge is 2.23. The number of amides is 1. The molecule has 1 amide bonds. The predicted molar refractivity (Wildman–Crippen MR) is 148 cm³/mol. The highest BCUT2D eigenvalue weighted by molar-refractivity contribution is 5.98. The summed E-state index contributed by atoms with van der Waals surface area (Å²) in [6.45, 7) is 2.08. The van der Waals surface area contributed by atoms with Gasteiger partial charge in [0.1, 0.15) is 23.7 Å². The van der Waals surface area contributed by atoms with Gasteiger partial charge in [0, 0.05) is 46.9 Å². The maximum atomic E-state index is 14.0. The van der Waals surface area contributed by atoms with Gasteiger partial charge in [-0.3, -0.25) is 4.79 Å². The van der Waals surface area contributed by atoms with Crippen LogP contribution in [0.25, 0.3) is 16.6 Å². The zero-order chi connectivity index (χ0) is 29.4. The minimum absolute atomic E-state index is 0.0835. The number of aromatic nitrogens is 3. The number of rotatable bonds is 6. The number of aliphatic hydroxyl groups is 1. The normalized spacial score (nSPS) is 14.1. The number of carbonyl (C=O) groups is 1. The van der Waals surface area contributed by atoms with E-state index < -0.39 is 17.7 Å². The molecule has 0 aliphatic carbocycles. The molecule has 1 aliphatic rings. The smallest absolute Gasteiger partial charge is 0.254 e. The number of benzene rings is 3. The Labute approximate surface area is 238 Å². The fraction of sp³-hybridized carbons (Fsp3) is 0.167. The Balaban J connectivity index is 1.25. The standard InChI is InChI=1S/C30H24F2N6O4/c31-22-2-1-3-26(27(22)32)42-20-5-7-25(19(13-20)15-33)38-29(34)21(16-35-38)28(39)24-14-18-12-17(4-6-23(18)36-24)30(40)37-8-10-41-11-9-37/h1-7,12-14,16,28,36,39H,8-11,34H2. The number of nitrogens with zero attached hydrogens (tertiary/aromatic N) is 4. The first-order valence-corrected chi connectivity index (χ1v) is 13.0. The van der Waals surface area contributed by atoms with Crippen molar-refractivity contribution in [2.24, 2.45) is 0 Å². The van der Waals surface area contributed by atoms with Crippen LogP contribution in [-0.2, 0) is 4.74 Å². The van der Waals surface area contributed by atoms with E-state index in [0.717, 1.165) is 17.0 Å². The number of H-pyrrole nitrogens is 1. The number of aliphatic hydroxyl groups excluding tert-OH is 1. The molecule has 0 saturated carbocycles. The van der Waals surface area contributed by atoms with Crippen molar-refractivity contribution in [3.8, 4) is 23.3 Å². The largest absolute Gasteiger partial charge is 0.454 e. The SMILES string of the molecule is N#Cc1cc(Oc2cccc(F)c2F)ccc1-n1ncc(C(O)c2cc3cc(C(=O)N4CCOCC4)ccc3[nH]2)c1N. The Bertz CT molecular complexity index is 1850. The Morgan fingerprint density at radius 3 is 2.74 bits per heavy atom. The van der Waals surface area contributed by atoms with Gasteiger partial charge in [-0.1, -0.05) is 6.07 Å². The van der Waals surface area contributed by atoms with Crippen molar-refractivity contribution in [2.75, 3.05) is 32.0 Å². The van der Waals surface area contributed by atoms with Crippen LogP contribution in [0.3, 0.4) is 0 Å². The molecule has 1 atom stereocenters. The lowest BCUT2D eigenvalue weighted by Gasteiger charge is -2.26. The van der Waals surface area contributed by atoms with Crippen molar-refractivity contribution in [1.82, 2.24) is 19.7 Å². The molecule has 212 valence electrons. The van der Waals surface area contributed by atoms with Crippen LogP contribution in [-0.4, -0.2) is 57.0 Å². The van der Waals surface area contributed by atoms with Crippen molar-refractivity contribution < 1.29 is 28.2 Å². The summed E-state index contributed by atoms with van der Waals surface area (Å²) in [4.78, 5) is 17.8. The molecule has 6 rings (SSSR count). The number of hydrogen-bond donors (Lipinski definition) is 3. The molecule has 2 aromatic heterocycles. The second-order valence-corrected chi connectivity index (χ2v) is 9.68. The number of aromatic amines is 1. The summed E-state index contributed by atoms with van der Waals surface area (Å²) >= 11 is 0. The Hall–Kier alpha value is -5.25. The first-order chi connectivity index (χ1) is 20.3. The lowest BCUT2D eigenvalue weighted by atomic mass is 10.1. The van der Waals surface area contributed by atoms with Gasteiger partial charge >= 0.3 is 0 Å². The summed E-state index contributed by atoms with van der Waals surface area (Å²) in [6, 6.07) is 16.9. The first-order valence-electron chi connectivity index (χ1n) is 13.0. The third-order valence-corrected chi connectivity index (χ3v) is 7.07. The lowest BCUT2D eigenvalue weighted by Crippen LogP contribution is -2.40. The molecule has 0 spiro atoms. The molecular formula is C30H24F2N6O4. The van der Waals surface area contributed by atoms with E-state index in [1.54, 1.807) is 29.2 Å². The van der Waals surface area contributed by atoms with Gasteiger partial charge in [-0.15, -0.1) is 0 Å². The number of nitriles is 1. The van der Waals surface area contributed by atoms with E-state index >= 15 is 0 Å². The van der Waals surface area contributed by atoms with Crippen LogP contribution >= 0.6 is 0 Å². The third kappa shape index (κ3) is 4.91. The number of nitrogens with one attached hydrogen (secondary N) is 1. The molecule has 4 N–H and O–H groups in total. The van der Waals surface area contributed by atoms with Crippen molar-refractivity contribution in [3.05, 3.63) is 101 Å². The molecule has 12 heteroatoms. The summed E-state index contributed by atoms with van der Waals surface area (Å²) in [5, 5.41) is 26.0. The molecule has 0 bridgehead atoms. The van der Waals surface area contributed by atoms with E-state index in [2.05, 4.69) is 10.1 Å². The summed E-state index contributed by atoms with van der Waals surface area (Å²) in [5.41, 5.74) is 8.76. The zero-order valence-corrected chi connectivity index (χ0v) is 22.1. The number of carbonyl (C=O) groups excluding carboxylic acids is 1. The topological polar surface area (TPSA) is 142 Å². The second kappa shape index (κ2) is 11.0. The van der Waals surface area contributed by atoms with E-state index in [4.69, 9.17) is 15.2 Å². The number of halogens is 2. The van der Waals surface area contributed by atoms with Gasteiger partial charge in [0.15, 0.2) is 11.6 Å². The highest BCUT2D eigenvalue weighted by atomic mass is 19.2. The van der Waals surface area contributed by atoms with Gasteiger partial charge in [0.05, 0.1) is 30.7 Å². The summed E-state index contributed by atoms with van der Waals surface area (Å²) in [7, 11) is 0. The Morgan fingerprint density at radius 2 is 1.95 bits per heavy atom. The van der Waals surface area contributed by atoms with Crippen LogP contribution < -0.4 is 10.5 Å². The number of fused-ring (bicyclic) bond motifs is 1. The van der Waals surface area contributed by atoms with Gasteiger partial charge in [0.2, 0.25) is 5.82 Å². The fourth-order valence-electron chi connectivity index (χ4n) is 4.87. The summed E-state index contributed by atoms with van der Waals surface area (Å²) in [6.07, 6.45) is 0.209. The molecule has 5 aromatic rings. The second-order valence-electron chi connectivity index (χ2n) is 9.68. The minimum atomic E-state index is -1.19. The molecule has 0 radical (unpaired) electrons. The molecule has 10 nitrogen and oxygen atoms in total. The molecule has 1 aliphatic heterocycles. The van der Waals surface area contributed by atoms with Crippen LogP contribution in [0.4, 0.5) is 14.6 Å². The van der Waals surface area contributed by atoms with Gasteiger partial charge in [-0.2, -0.15) is 14.8 Å². The van der Waals surface area contributed by atoms with E-state index in [1.807, 2.05) is 6.07 Å². The number of nitrogen functional groups attached to an aromatic ring is 1. The van der Waals surface area contributed by atoms with Crippen LogP contribution in [0.15, 0.2) is 66.9 Å². The van der Waals surface area contributed by atoms with E-state index in [9.17, 15) is 23.9 Å². The van der Waals surface area contributed by atoms with Gasteiger partial charge < -0.3 is 30.2 Å². The Kier molecular flexibility index (Phi) is 7.03. The van der Waals surface area contributed by atoms with Crippen molar-refractivity contribution in [3.63, 3.8) is 0 Å². The highest BCUT2D eigenvalue weighted by Crippen LogP contribution is 2.33. The maximum absolute atomic E-state index is 14.0. The predicted octanol–water partition coefficient (Wildman–Crippen LogP) is 4.43. The average Bonchev–Trinajstić information content (AvgIpc) is 3.62. The lowest BCUT2D eigenvalue weighted by molar-refractivity contribution is 0.0303. The minimum Gasteiger partial charge on any atom is -0.454 e.